The van der Waals surface area contributed by atoms with Gasteiger partial charge >= 0.3 is 5.97 Å². The summed E-state index contributed by atoms with van der Waals surface area (Å²) in [4.78, 5) is 11.1. The monoisotopic (exact) mass is 204 g/mol. The highest BCUT2D eigenvalue weighted by Gasteiger charge is 2.47. The van der Waals surface area contributed by atoms with Crippen LogP contribution < -0.4 is 4.74 Å². The number of benzene rings is 1. The molecular formula is C12H12O3. The third-order valence-electron chi connectivity index (χ3n) is 3.23. The zero-order valence-electron chi connectivity index (χ0n) is 8.22. The summed E-state index contributed by atoms with van der Waals surface area (Å²) in [7, 11) is 0. The summed E-state index contributed by atoms with van der Waals surface area (Å²) in [5, 5.41) is 9.11. The van der Waals surface area contributed by atoms with Crippen molar-refractivity contribution in [3.8, 4) is 5.75 Å². The molecule has 1 aromatic rings. The van der Waals surface area contributed by atoms with Crippen molar-refractivity contribution in [3.05, 3.63) is 29.8 Å². The summed E-state index contributed by atoms with van der Waals surface area (Å²) in [6.07, 6.45) is 1.59. The molecule has 2 atom stereocenters. The number of para-hydroxylation sites is 1. The molecule has 0 spiro atoms. The summed E-state index contributed by atoms with van der Waals surface area (Å²) >= 11 is 0. The quantitative estimate of drug-likeness (QED) is 0.801. The van der Waals surface area contributed by atoms with E-state index < -0.39 is 12.1 Å². The Bertz CT molecular complexity index is 409. The van der Waals surface area contributed by atoms with Crippen LogP contribution in [0.2, 0.25) is 0 Å². The third-order valence-corrected chi connectivity index (χ3v) is 3.23. The molecule has 15 heavy (non-hydrogen) atoms. The molecule has 1 aliphatic carbocycles. The van der Waals surface area contributed by atoms with Crippen LogP contribution in [0.1, 0.15) is 24.3 Å². The minimum Gasteiger partial charge on any atom is -0.478 e. The molecule has 0 saturated heterocycles. The molecule has 0 aromatic heterocycles. The Kier molecular flexibility index (Phi) is 1.75. The lowest BCUT2D eigenvalue weighted by atomic mass is 9.91. The average molecular weight is 204 g/mol. The molecule has 1 saturated carbocycles. The van der Waals surface area contributed by atoms with Crippen LogP contribution in [-0.4, -0.2) is 17.2 Å². The van der Waals surface area contributed by atoms with E-state index in [1.54, 1.807) is 0 Å². The predicted octanol–water partition coefficient (Wildman–Crippen LogP) is 2.03. The van der Waals surface area contributed by atoms with Crippen LogP contribution in [0.4, 0.5) is 0 Å². The molecule has 0 radical (unpaired) electrons. The smallest absolute Gasteiger partial charge is 0.345 e. The van der Waals surface area contributed by atoms with Crippen molar-refractivity contribution in [2.45, 2.75) is 24.9 Å². The minimum atomic E-state index is -0.844. The lowest BCUT2D eigenvalue weighted by molar-refractivity contribution is -0.145. The predicted molar refractivity (Wildman–Crippen MR) is 54.0 cm³/mol. The van der Waals surface area contributed by atoms with Gasteiger partial charge in [-0.25, -0.2) is 4.79 Å². The highest BCUT2D eigenvalue weighted by molar-refractivity contribution is 5.76. The van der Waals surface area contributed by atoms with Gasteiger partial charge < -0.3 is 9.84 Å². The van der Waals surface area contributed by atoms with Gasteiger partial charge in [0.15, 0.2) is 0 Å². The maximum Gasteiger partial charge on any atom is 0.345 e. The second-order valence-electron chi connectivity index (χ2n) is 4.28. The molecule has 0 bridgehead atoms. The average Bonchev–Trinajstić information content (AvgIpc) is 2.98. The van der Waals surface area contributed by atoms with Gasteiger partial charge in [-0.1, -0.05) is 18.2 Å². The van der Waals surface area contributed by atoms with Crippen molar-refractivity contribution >= 4 is 5.97 Å². The zero-order chi connectivity index (χ0) is 10.4. The Morgan fingerprint density at radius 3 is 2.73 bits per heavy atom. The van der Waals surface area contributed by atoms with Crippen LogP contribution in [0.3, 0.4) is 0 Å². The summed E-state index contributed by atoms with van der Waals surface area (Å²) in [6, 6.07) is 7.67. The molecule has 2 aliphatic rings. The molecule has 1 heterocycles. The van der Waals surface area contributed by atoms with E-state index in [1.807, 2.05) is 24.3 Å². The number of ether oxygens (including phenoxy) is 1. The minimum absolute atomic E-state index is 0.0682. The van der Waals surface area contributed by atoms with E-state index >= 15 is 0 Å². The number of carboxylic acid groups (broad SMARTS) is 1. The lowest BCUT2D eigenvalue weighted by Gasteiger charge is -2.13. The molecule has 1 fully saturated rings. The van der Waals surface area contributed by atoms with Gasteiger partial charge in [0.05, 0.1) is 0 Å². The van der Waals surface area contributed by atoms with Gasteiger partial charge in [0.2, 0.25) is 6.10 Å². The molecule has 3 rings (SSSR count). The van der Waals surface area contributed by atoms with E-state index in [1.165, 1.54) is 0 Å². The summed E-state index contributed by atoms with van der Waals surface area (Å²) in [6.45, 7) is 0. The number of rotatable bonds is 2. The van der Waals surface area contributed by atoms with Gasteiger partial charge in [-0.2, -0.15) is 0 Å². The third kappa shape index (κ3) is 1.30. The molecule has 0 amide bonds. The van der Waals surface area contributed by atoms with Gasteiger partial charge in [0, 0.05) is 11.5 Å². The molecule has 1 aromatic carbocycles. The second-order valence-corrected chi connectivity index (χ2v) is 4.28. The normalized spacial score (nSPS) is 28.3. The first-order chi connectivity index (χ1) is 7.27. The number of hydrogen-bond acceptors (Lipinski definition) is 2. The molecule has 3 heteroatoms. The van der Waals surface area contributed by atoms with Gasteiger partial charge in [-0.15, -0.1) is 0 Å². The SMILES string of the molecule is O=C(O)[C@H]1Oc2ccccc2[C@@H]1C1CC1. The van der Waals surface area contributed by atoms with E-state index in [2.05, 4.69) is 0 Å². The van der Waals surface area contributed by atoms with Crippen molar-refractivity contribution in [3.63, 3.8) is 0 Å². The number of hydrogen-bond donors (Lipinski definition) is 1. The van der Waals surface area contributed by atoms with Crippen LogP contribution in [0.25, 0.3) is 0 Å². The maximum atomic E-state index is 11.1. The Labute approximate surface area is 87.7 Å². The summed E-state index contributed by atoms with van der Waals surface area (Å²) in [5.74, 6) is 0.485. The van der Waals surface area contributed by atoms with E-state index in [-0.39, 0.29) is 5.92 Å². The molecular weight excluding hydrogens is 192 g/mol. The zero-order valence-corrected chi connectivity index (χ0v) is 8.22. The molecule has 1 aliphatic heterocycles. The van der Waals surface area contributed by atoms with Gasteiger partial charge in [0.25, 0.3) is 0 Å². The van der Waals surface area contributed by atoms with Crippen molar-refractivity contribution in [2.24, 2.45) is 5.92 Å². The van der Waals surface area contributed by atoms with E-state index in [9.17, 15) is 4.79 Å². The van der Waals surface area contributed by atoms with Gasteiger partial charge in [0.1, 0.15) is 5.75 Å². The molecule has 0 unspecified atom stereocenters. The molecule has 1 N–H and O–H groups in total. The lowest BCUT2D eigenvalue weighted by Crippen LogP contribution is -2.29. The van der Waals surface area contributed by atoms with Crippen molar-refractivity contribution in [2.75, 3.05) is 0 Å². The number of fused-ring (bicyclic) bond motifs is 1. The fourth-order valence-electron chi connectivity index (χ4n) is 2.40. The second kappa shape index (κ2) is 2.99. The number of carbonyl (C=O) groups is 1. The van der Waals surface area contributed by atoms with E-state index in [4.69, 9.17) is 9.84 Å². The van der Waals surface area contributed by atoms with Crippen LogP contribution in [-0.2, 0) is 4.79 Å². The van der Waals surface area contributed by atoms with Crippen molar-refractivity contribution in [1.29, 1.82) is 0 Å². The van der Waals surface area contributed by atoms with Crippen LogP contribution in [0.5, 0.6) is 5.75 Å². The molecule has 78 valence electrons. The number of carboxylic acids is 1. The Morgan fingerprint density at radius 1 is 1.33 bits per heavy atom. The molecule has 3 nitrogen and oxygen atoms in total. The largest absolute Gasteiger partial charge is 0.478 e. The first-order valence-corrected chi connectivity index (χ1v) is 5.26. The Hall–Kier alpha value is -1.51. The fraction of sp³-hybridized carbons (Fsp3) is 0.417. The first-order valence-electron chi connectivity index (χ1n) is 5.26. The maximum absolute atomic E-state index is 11.1. The van der Waals surface area contributed by atoms with E-state index in [0.29, 0.717) is 5.92 Å². The van der Waals surface area contributed by atoms with Crippen LogP contribution in [0.15, 0.2) is 24.3 Å². The van der Waals surface area contributed by atoms with E-state index in [0.717, 1.165) is 24.2 Å². The Morgan fingerprint density at radius 2 is 2.07 bits per heavy atom. The van der Waals surface area contributed by atoms with Crippen LogP contribution in [0, 0.1) is 5.92 Å². The summed E-state index contributed by atoms with van der Waals surface area (Å²) in [5.41, 5.74) is 1.08. The standard InChI is InChI=1S/C12H12O3/c13-12(14)11-10(7-5-6-7)8-3-1-2-4-9(8)15-11/h1-4,7,10-11H,5-6H2,(H,13,14)/t10-,11-/m0/s1. The number of aliphatic carboxylic acids is 1. The van der Waals surface area contributed by atoms with Gasteiger partial charge in [-0.05, 0) is 24.8 Å². The first kappa shape index (κ1) is 8.77. The van der Waals surface area contributed by atoms with Crippen molar-refractivity contribution < 1.29 is 14.6 Å². The Balaban J connectivity index is 2.02. The van der Waals surface area contributed by atoms with Gasteiger partial charge in [-0.3, -0.25) is 0 Å². The fourth-order valence-corrected chi connectivity index (χ4v) is 2.40. The summed E-state index contributed by atoms with van der Waals surface area (Å²) < 4.78 is 5.48. The topological polar surface area (TPSA) is 46.5 Å². The highest BCUT2D eigenvalue weighted by atomic mass is 16.5. The van der Waals surface area contributed by atoms with Crippen LogP contribution >= 0.6 is 0 Å². The van der Waals surface area contributed by atoms with Crippen molar-refractivity contribution in [1.82, 2.24) is 0 Å². The highest BCUT2D eigenvalue weighted by Crippen LogP contribution is 2.51.